The van der Waals surface area contributed by atoms with Crippen molar-refractivity contribution in [2.75, 3.05) is 12.4 Å². The van der Waals surface area contributed by atoms with E-state index in [1.54, 1.807) is 18.2 Å². The van der Waals surface area contributed by atoms with Crippen molar-refractivity contribution in [3.63, 3.8) is 0 Å². The molecule has 0 aliphatic rings. The summed E-state index contributed by atoms with van der Waals surface area (Å²) in [5, 5.41) is 3.46. The van der Waals surface area contributed by atoms with Gasteiger partial charge in [-0.2, -0.15) is 0 Å². The highest BCUT2D eigenvalue weighted by Crippen LogP contribution is 2.16. The van der Waals surface area contributed by atoms with E-state index in [1.807, 2.05) is 44.0 Å². The molecule has 2 aromatic rings. The molecule has 1 aromatic heterocycles. The van der Waals surface area contributed by atoms with Crippen LogP contribution < -0.4 is 5.32 Å². The van der Waals surface area contributed by atoms with Gasteiger partial charge in [0.25, 0.3) is 0 Å². The number of anilines is 1. The molecular weight excluding hydrogens is 288 g/mol. The average Bonchev–Trinajstić information content (AvgIpc) is 2.83. The normalized spacial score (nSPS) is 12.4. The van der Waals surface area contributed by atoms with E-state index in [0.29, 0.717) is 17.3 Å². The molecule has 1 atom stereocenters. The largest absolute Gasteiger partial charge is 0.465 e. The fourth-order valence-electron chi connectivity index (χ4n) is 1.97. The lowest BCUT2D eigenvalue weighted by Gasteiger charge is -2.22. The maximum Gasteiger partial charge on any atom is 0.241 e. The molecule has 0 saturated heterocycles. The van der Waals surface area contributed by atoms with Crippen LogP contribution in [-0.4, -0.2) is 23.9 Å². The second-order valence-corrected chi connectivity index (χ2v) is 5.54. The Labute approximate surface area is 129 Å². The number of nitrogens with zero attached hydrogens (tertiary/aromatic N) is 1. The third-order valence-electron chi connectivity index (χ3n) is 3.33. The van der Waals surface area contributed by atoms with Gasteiger partial charge in [0, 0.05) is 10.7 Å². The summed E-state index contributed by atoms with van der Waals surface area (Å²) in [5.41, 5.74) is 0.696. The Hall–Kier alpha value is -1.78. The number of aryl methyl sites for hydroxylation is 1. The number of hydrogen-bond acceptors (Lipinski definition) is 3. The second kappa shape index (κ2) is 6.78. The van der Waals surface area contributed by atoms with Crippen LogP contribution in [0.4, 0.5) is 5.69 Å². The van der Waals surface area contributed by atoms with Gasteiger partial charge in [0.1, 0.15) is 11.5 Å². The van der Waals surface area contributed by atoms with Crippen molar-refractivity contribution in [2.45, 2.75) is 26.4 Å². The van der Waals surface area contributed by atoms with E-state index in [9.17, 15) is 4.79 Å². The van der Waals surface area contributed by atoms with E-state index in [4.69, 9.17) is 16.0 Å². The van der Waals surface area contributed by atoms with E-state index >= 15 is 0 Å². The number of likely N-dealkylation sites (N-methyl/N-ethyl adjacent to an activating group) is 1. The summed E-state index contributed by atoms with van der Waals surface area (Å²) in [7, 11) is 1.89. The van der Waals surface area contributed by atoms with Gasteiger partial charge in [0.05, 0.1) is 12.6 Å². The summed E-state index contributed by atoms with van der Waals surface area (Å²) in [6.07, 6.45) is 0. The molecule has 112 valence electrons. The van der Waals surface area contributed by atoms with Crippen LogP contribution in [0.1, 0.15) is 18.4 Å². The van der Waals surface area contributed by atoms with E-state index in [2.05, 4.69) is 5.32 Å². The molecule has 0 bridgehead atoms. The van der Waals surface area contributed by atoms with Gasteiger partial charge in [-0.25, -0.2) is 0 Å². The monoisotopic (exact) mass is 306 g/mol. The maximum absolute atomic E-state index is 12.2. The Bertz CT molecular complexity index is 624. The number of hydrogen-bond donors (Lipinski definition) is 1. The van der Waals surface area contributed by atoms with Crippen molar-refractivity contribution < 1.29 is 9.21 Å². The van der Waals surface area contributed by atoms with Crippen LogP contribution in [-0.2, 0) is 11.3 Å². The predicted octanol–water partition coefficient (Wildman–Crippen LogP) is 3.70. The van der Waals surface area contributed by atoms with Crippen LogP contribution in [0.15, 0.2) is 40.8 Å². The maximum atomic E-state index is 12.2. The molecule has 0 radical (unpaired) electrons. The minimum atomic E-state index is -0.283. The first kappa shape index (κ1) is 15.6. The molecule has 2 rings (SSSR count). The zero-order chi connectivity index (χ0) is 15.4. The van der Waals surface area contributed by atoms with Crippen molar-refractivity contribution >= 4 is 23.2 Å². The van der Waals surface area contributed by atoms with Gasteiger partial charge < -0.3 is 9.73 Å². The van der Waals surface area contributed by atoms with Gasteiger partial charge in [-0.05, 0) is 51.2 Å². The number of halogens is 1. The fourth-order valence-corrected chi connectivity index (χ4v) is 2.16. The second-order valence-electron chi connectivity index (χ2n) is 5.10. The van der Waals surface area contributed by atoms with Crippen LogP contribution in [0.25, 0.3) is 0 Å². The summed E-state index contributed by atoms with van der Waals surface area (Å²) in [4.78, 5) is 14.2. The Balaban J connectivity index is 1.95. The number of carbonyl (C=O) groups is 1. The van der Waals surface area contributed by atoms with Gasteiger partial charge in [0.15, 0.2) is 0 Å². The molecule has 0 saturated carbocycles. The topological polar surface area (TPSA) is 45.5 Å². The number of benzene rings is 1. The summed E-state index contributed by atoms with van der Waals surface area (Å²) in [6.45, 7) is 4.34. The fraction of sp³-hybridized carbons (Fsp3) is 0.312. The molecule has 0 unspecified atom stereocenters. The van der Waals surface area contributed by atoms with Crippen LogP contribution >= 0.6 is 11.6 Å². The van der Waals surface area contributed by atoms with Crippen molar-refractivity contribution in [1.29, 1.82) is 0 Å². The van der Waals surface area contributed by atoms with Crippen LogP contribution in [0.5, 0.6) is 0 Å². The third-order valence-corrected chi connectivity index (χ3v) is 3.57. The van der Waals surface area contributed by atoms with Gasteiger partial charge in [-0.15, -0.1) is 0 Å². The zero-order valence-corrected chi connectivity index (χ0v) is 13.1. The van der Waals surface area contributed by atoms with Crippen LogP contribution in [0.2, 0.25) is 5.02 Å². The summed E-state index contributed by atoms with van der Waals surface area (Å²) in [5.74, 6) is 1.63. The summed E-state index contributed by atoms with van der Waals surface area (Å²) < 4.78 is 5.53. The predicted molar refractivity (Wildman–Crippen MR) is 84.5 cm³/mol. The van der Waals surface area contributed by atoms with Gasteiger partial charge in [-0.3, -0.25) is 9.69 Å². The SMILES string of the molecule is Cc1ccc(CN(C)[C@H](C)C(=O)Nc2cccc(Cl)c2)o1. The van der Waals surface area contributed by atoms with Crippen LogP contribution in [0.3, 0.4) is 0 Å². The van der Waals surface area contributed by atoms with Gasteiger partial charge >= 0.3 is 0 Å². The Kier molecular flexibility index (Phi) is 5.04. The molecule has 21 heavy (non-hydrogen) atoms. The Morgan fingerprint density at radius 1 is 1.38 bits per heavy atom. The Morgan fingerprint density at radius 3 is 2.76 bits per heavy atom. The average molecular weight is 307 g/mol. The lowest BCUT2D eigenvalue weighted by Crippen LogP contribution is -2.39. The molecular formula is C16H19ClN2O2. The highest BCUT2D eigenvalue weighted by atomic mass is 35.5. The number of nitrogens with one attached hydrogen (secondary N) is 1. The van der Waals surface area contributed by atoms with Crippen molar-refractivity contribution in [2.24, 2.45) is 0 Å². The third kappa shape index (κ3) is 4.34. The molecule has 5 heteroatoms. The molecule has 1 aromatic carbocycles. The summed E-state index contributed by atoms with van der Waals surface area (Å²) >= 11 is 5.91. The first-order valence-corrected chi connectivity index (χ1v) is 7.15. The smallest absolute Gasteiger partial charge is 0.241 e. The zero-order valence-electron chi connectivity index (χ0n) is 12.4. The lowest BCUT2D eigenvalue weighted by molar-refractivity contribution is -0.120. The lowest BCUT2D eigenvalue weighted by atomic mass is 10.2. The van der Waals surface area contributed by atoms with Crippen molar-refractivity contribution in [1.82, 2.24) is 4.90 Å². The Morgan fingerprint density at radius 2 is 2.14 bits per heavy atom. The first-order chi connectivity index (χ1) is 9.95. The molecule has 1 N–H and O–H groups in total. The first-order valence-electron chi connectivity index (χ1n) is 6.77. The molecule has 1 amide bonds. The van der Waals surface area contributed by atoms with Gasteiger partial charge in [0.2, 0.25) is 5.91 Å². The number of amides is 1. The van der Waals surface area contributed by atoms with E-state index in [1.165, 1.54) is 0 Å². The van der Waals surface area contributed by atoms with Crippen molar-refractivity contribution in [3.05, 3.63) is 52.9 Å². The highest BCUT2D eigenvalue weighted by Gasteiger charge is 2.19. The van der Waals surface area contributed by atoms with Crippen molar-refractivity contribution in [3.8, 4) is 0 Å². The quantitative estimate of drug-likeness (QED) is 0.916. The minimum absolute atomic E-state index is 0.0805. The van der Waals surface area contributed by atoms with Gasteiger partial charge in [-0.1, -0.05) is 17.7 Å². The number of furan rings is 1. The number of carbonyl (C=O) groups excluding carboxylic acids is 1. The van der Waals surface area contributed by atoms with E-state index < -0.39 is 0 Å². The van der Waals surface area contributed by atoms with Crippen LogP contribution in [0, 0.1) is 6.92 Å². The van der Waals surface area contributed by atoms with E-state index in [-0.39, 0.29) is 11.9 Å². The molecule has 4 nitrogen and oxygen atoms in total. The highest BCUT2D eigenvalue weighted by molar-refractivity contribution is 6.30. The summed E-state index contributed by atoms with van der Waals surface area (Å²) in [6, 6.07) is 10.7. The van der Waals surface area contributed by atoms with E-state index in [0.717, 1.165) is 11.5 Å². The molecule has 0 spiro atoms. The molecule has 1 heterocycles. The molecule has 0 aliphatic carbocycles. The standard InChI is InChI=1S/C16H19ClN2O2/c1-11-7-8-15(21-11)10-19(3)12(2)16(20)18-14-6-4-5-13(17)9-14/h4-9,12H,10H2,1-3H3,(H,18,20)/t12-/m1/s1. The minimum Gasteiger partial charge on any atom is -0.465 e. The molecule has 0 aliphatic heterocycles. The molecule has 0 fully saturated rings. The number of rotatable bonds is 5.